The van der Waals surface area contributed by atoms with Gasteiger partial charge in [0.1, 0.15) is 0 Å². The summed E-state index contributed by atoms with van der Waals surface area (Å²) in [7, 11) is 0. The maximum absolute atomic E-state index is 13.2. The van der Waals surface area contributed by atoms with Crippen molar-refractivity contribution in [1.82, 2.24) is 4.98 Å². The van der Waals surface area contributed by atoms with E-state index in [2.05, 4.69) is 4.98 Å². The van der Waals surface area contributed by atoms with E-state index < -0.39 is 29.6 Å². The lowest BCUT2D eigenvalue weighted by Crippen LogP contribution is -2.29. The fourth-order valence-corrected chi connectivity index (χ4v) is 4.13. The summed E-state index contributed by atoms with van der Waals surface area (Å²) >= 11 is 0. The molecule has 1 aromatic heterocycles. The maximum atomic E-state index is 13.2. The van der Waals surface area contributed by atoms with Gasteiger partial charge in [-0.25, -0.2) is 0 Å². The van der Waals surface area contributed by atoms with Gasteiger partial charge in [0.2, 0.25) is 0 Å². The third-order valence-electron chi connectivity index (χ3n) is 5.57. The average Bonchev–Trinajstić information content (AvgIpc) is 2.76. The molecule has 2 unspecified atom stereocenters. The predicted octanol–water partition coefficient (Wildman–Crippen LogP) is 6.78. The van der Waals surface area contributed by atoms with Crippen molar-refractivity contribution >= 4 is 0 Å². The molecule has 2 atom stereocenters. The van der Waals surface area contributed by atoms with Crippen molar-refractivity contribution in [3.8, 4) is 0 Å². The third kappa shape index (κ3) is 4.80. The molecule has 0 bridgehead atoms. The van der Waals surface area contributed by atoms with Gasteiger partial charge in [-0.1, -0.05) is 36.4 Å². The molecule has 0 amide bonds. The minimum absolute atomic E-state index is 0.124. The van der Waals surface area contributed by atoms with E-state index in [0.717, 1.165) is 16.8 Å². The summed E-state index contributed by atoms with van der Waals surface area (Å²) < 4.78 is 85.0. The normalized spacial score (nSPS) is 18.9. The van der Waals surface area contributed by atoms with Gasteiger partial charge in [-0.3, -0.25) is 4.98 Å². The lowest BCUT2D eigenvalue weighted by atomic mass is 9.79. The highest BCUT2D eigenvalue weighted by Gasteiger charge is 2.37. The second-order valence-corrected chi connectivity index (χ2v) is 7.73. The molecule has 32 heavy (non-hydrogen) atoms. The van der Waals surface area contributed by atoms with Crippen LogP contribution in [-0.2, 0) is 30.1 Å². The van der Waals surface area contributed by atoms with Gasteiger partial charge in [-0.2, -0.15) is 26.3 Å². The third-order valence-corrected chi connectivity index (χ3v) is 5.57. The van der Waals surface area contributed by atoms with Crippen LogP contribution in [0, 0.1) is 0 Å². The molecular formula is C24H19F6NO. The quantitative estimate of drug-likeness (QED) is 0.408. The van der Waals surface area contributed by atoms with Crippen LogP contribution in [-0.4, -0.2) is 11.1 Å². The van der Waals surface area contributed by atoms with E-state index in [1.807, 2.05) is 36.4 Å². The van der Waals surface area contributed by atoms with Gasteiger partial charge >= 0.3 is 12.4 Å². The predicted molar refractivity (Wildman–Crippen MR) is 106 cm³/mol. The fourth-order valence-electron chi connectivity index (χ4n) is 4.13. The molecular weight excluding hydrogens is 432 g/mol. The summed E-state index contributed by atoms with van der Waals surface area (Å²) in [5.41, 5.74) is -0.0375. The van der Waals surface area contributed by atoms with E-state index in [9.17, 15) is 26.3 Å². The molecule has 1 aliphatic rings. The Hall–Kier alpha value is -2.87. The number of nitrogens with zero attached hydrogens (tertiary/aromatic N) is 1. The first-order valence-electron chi connectivity index (χ1n) is 10.0. The molecule has 168 valence electrons. The van der Waals surface area contributed by atoms with Gasteiger partial charge < -0.3 is 4.74 Å². The van der Waals surface area contributed by atoms with Crippen molar-refractivity contribution in [3.05, 3.63) is 100 Å². The van der Waals surface area contributed by atoms with Crippen LogP contribution in [0.15, 0.2) is 66.9 Å². The van der Waals surface area contributed by atoms with Crippen molar-refractivity contribution in [1.29, 1.82) is 0 Å². The molecule has 1 heterocycles. The second-order valence-electron chi connectivity index (χ2n) is 7.73. The van der Waals surface area contributed by atoms with Gasteiger partial charge in [0.25, 0.3) is 0 Å². The zero-order valence-electron chi connectivity index (χ0n) is 16.8. The van der Waals surface area contributed by atoms with Crippen LogP contribution in [0.25, 0.3) is 0 Å². The number of fused-ring (bicyclic) bond motifs is 1. The van der Waals surface area contributed by atoms with Crippen LogP contribution in [0.3, 0.4) is 0 Å². The first-order valence-corrected chi connectivity index (χ1v) is 10.0. The molecule has 0 fully saturated rings. The fraction of sp³-hybridized carbons (Fsp3) is 0.292. The molecule has 0 radical (unpaired) electrons. The summed E-state index contributed by atoms with van der Waals surface area (Å²) in [6.07, 6.45) is -7.34. The molecule has 1 aliphatic carbocycles. The zero-order valence-corrected chi connectivity index (χ0v) is 16.8. The molecule has 0 N–H and O–H groups in total. The van der Waals surface area contributed by atoms with E-state index in [0.29, 0.717) is 25.0 Å². The van der Waals surface area contributed by atoms with Gasteiger partial charge in [-0.05, 0) is 53.8 Å². The molecule has 2 nitrogen and oxygen atoms in total. The van der Waals surface area contributed by atoms with Crippen LogP contribution >= 0.6 is 0 Å². The minimum Gasteiger partial charge on any atom is -0.373 e. The van der Waals surface area contributed by atoms with Crippen molar-refractivity contribution in [2.75, 3.05) is 0 Å². The first-order chi connectivity index (χ1) is 15.1. The van der Waals surface area contributed by atoms with Gasteiger partial charge in [0, 0.05) is 17.8 Å². The Morgan fingerprint density at radius 3 is 2.12 bits per heavy atom. The molecule has 0 spiro atoms. The van der Waals surface area contributed by atoms with Crippen molar-refractivity contribution in [2.24, 2.45) is 0 Å². The monoisotopic (exact) mass is 451 g/mol. The van der Waals surface area contributed by atoms with Gasteiger partial charge in [-0.15, -0.1) is 0 Å². The van der Waals surface area contributed by atoms with E-state index in [4.69, 9.17) is 4.74 Å². The van der Waals surface area contributed by atoms with E-state index in [1.165, 1.54) is 0 Å². The first kappa shape index (κ1) is 22.3. The second kappa shape index (κ2) is 8.58. The van der Waals surface area contributed by atoms with E-state index >= 15 is 0 Å². The number of pyridine rings is 1. The Balaban J connectivity index is 1.64. The standard InChI is InChI=1S/C24H19F6NO/c25-23(26,27)17-11-15(12-18(13-17)24(28,29)30)14-32-21-9-8-20-19(7-4-10-31-20)22(21)16-5-2-1-3-6-16/h1-7,10-13,21-22H,8-9,14H2. The van der Waals surface area contributed by atoms with Crippen LogP contribution in [0.1, 0.15) is 45.8 Å². The number of benzene rings is 2. The van der Waals surface area contributed by atoms with Crippen molar-refractivity contribution in [3.63, 3.8) is 0 Å². The Morgan fingerprint density at radius 2 is 1.50 bits per heavy atom. The van der Waals surface area contributed by atoms with Crippen LogP contribution in [0.4, 0.5) is 26.3 Å². The molecule has 4 rings (SSSR count). The smallest absolute Gasteiger partial charge is 0.373 e. The van der Waals surface area contributed by atoms with E-state index in [1.54, 1.807) is 12.3 Å². The number of hydrogen-bond donors (Lipinski definition) is 0. The highest BCUT2D eigenvalue weighted by Crippen LogP contribution is 2.39. The van der Waals surface area contributed by atoms with Crippen LogP contribution in [0.5, 0.6) is 0 Å². The highest BCUT2D eigenvalue weighted by atomic mass is 19.4. The SMILES string of the molecule is FC(F)(F)c1cc(COC2CCc3ncccc3C2c2ccccc2)cc(C(F)(F)F)c1. The van der Waals surface area contributed by atoms with Crippen molar-refractivity contribution in [2.45, 2.75) is 43.8 Å². The summed E-state index contributed by atoms with van der Waals surface area (Å²) in [6.45, 7) is -0.364. The summed E-state index contributed by atoms with van der Waals surface area (Å²) in [6, 6.07) is 14.8. The van der Waals surface area contributed by atoms with Crippen molar-refractivity contribution < 1.29 is 31.1 Å². The number of ether oxygens (including phenoxy) is 1. The number of aromatic nitrogens is 1. The molecule has 0 aliphatic heterocycles. The average molecular weight is 451 g/mol. The van der Waals surface area contributed by atoms with Gasteiger partial charge in [0.05, 0.1) is 23.8 Å². The minimum atomic E-state index is -4.89. The Kier molecular flexibility index (Phi) is 5.99. The zero-order chi connectivity index (χ0) is 22.9. The molecule has 8 heteroatoms. The van der Waals surface area contributed by atoms with Crippen LogP contribution in [0.2, 0.25) is 0 Å². The molecule has 0 saturated heterocycles. The Labute approximate surface area is 180 Å². The summed E-state index contributed by atoms with van der Waals surface area (Å²) in [5, 5.41) is 0. The molecule has 3 aromatic rings. The van der Waals surface area contributed by atoms with Gasteiger partial charge in [0.15, 0.2) is 0 Å². The van der Waals surface area contributed by atoms with Crippen LogP contribution < -0.4 is 0 Å². The van der Waals surface area contributed by atoms with E-state index in [-0.39, 0.29) is 24.2 Å². The maximum Gasteiger partial charge on any atom is 0.416 e. The summed E-state index contributed by atoms with van der Waals surface area (Å²) in [5.74, 6) is -0.221. The molecule has 2 aromatic carbocycles. The topological polar surface area (TPSA) is 22.1 Å². The highest BCUT2D eigenvalue weighted by molar-refractivity contribution is 5.39. The lowest BCUT2D eigenvalue weighted by Gasteiger charge is -2.33. The number of halogens is 6. The summed E-state index contributed by atoms with van der Waals surface area (Å²) in [4.78, 5) is 4.42. The number of hydrogen-bond acceptors (Lipinski definition) is 2. The number of rotatable bonds is 4. The largest absolute Gasteiger partial charge is 0.416 e. The molecule has 0 saturated carbocycles. The lowest BCUT2D eigenvalue weighted by molar-refractivity contribution is -0.143. The Morgan fingerprint density at radius 1 is 0.844 bits per heavy atom. The Bertz CT molecular complexity index is 1050. The number of alkyl halides is 6. The number of aryl methyl sites for hydroxylation is 1.